The second kappa shape index (κ2) is 5.42. The second-order valence-corrected chi connectivity index (χ2v) is 6.99. The summed E-state index contributed by atoms with van der Waals surface area (Å²) in [6, 6.07) is 7.46. The predicted octanol–water partition coefficient (Wildman–Crippen LogP) is 2.69. The number of nitrogens with zero attached hydrogens (tertiary/aromatic N) is 1. The first-order chi connectivity index (χ1) is 10.1. The molecule has 5 nitrogen and oxygen atoms in total. The number of hydrogen-bond acceptors (Lipinski definition) is 5. The van der Waals surface area contributed by atoms with E-state index in [0.29, 0.717) is 10.7 Å². The van der Waals surface area contributed by atoms with Gasteiger partial charge >= 0.3 is 11.0 Å². The lowest BCUT2D eigenvalue weighted by atomic mass is 10.1. The number of rotatable bonds is 2. The van der Waals surface area contributed by atoms with Gasteiger partial charge in [-0.3, -0.25) is 0 Å². The maximum atomic E-state index is 12.4. The molecule has 0 aliphatic carbocycles. The number of fused-ring (bicyclic) bond motifs is 1. The minimum Gasteiger partial charge on any atom is -0.505 e. The van der Waals surface area contributed by atoms with Crippen molar-refractivity contribution in [2.45, 2.75) is 11.8 Å². The average molecular weight is 320 g/mol. The molecule has 1 aromatic carbocycles. The fraction of sp³-hybridized carbons (Fsp3) is 0.143. The lowest BCUT2D eigenvalue weighted by Crippen LogP contribution is -2.28. The number of thiazole rings is 1. The van der Waals surface area contributed by atoms with E-state index in [1.165, 1.54) is 23.3 Å². The van der Waals surface area contributed by atoms with Crippen LogP contribution >= 0.6 is 23.3 Å². The zero-order chi connectivity index (χ0) is 15.0. The summed E-state index contributed by atoms with van der Waals surface area (Å²) >= 11 is 2.87. The highest BCUT2D eigenvalue weighted by Gasteiger charge is 2.31. The molecule has 1 aliphatic rings. The van der Waals surface area contributed by atoms with Crippen LogP contribution in [0.3, 0.4) is 0 Å². The van der Waals surface area contributed by atoms with E-state index in [1.54, 1.807) is 17.4 Å². The van der Waals surface area contributed by atoms with Crippen LogP contribution in [0.15, 0.2) is 41.1 Å². The van der Waals surface area contributed by atoms with Gasteiger partial charge in [-0.25, -0.2) is 9.78 Å². The summed E-state index contributed by atoms with van der Waals surface area (Å²) in [6.45, 7) is 1.95. The Bertz CT molecular complexity index is 739. The van der Waals surface area contributed by atoms with Crippen LogP contribution in [-0.2, 0) is 4.79 Å². The smallest absolute Gasteiger partial charge is 0.360 e. The number of aliphatic hydroxyl groups is 1. The molecule has 3 rings (SSSR count). The summed E-state index contributed by atoms with van der Waals surface area (Å²) < 4.78 is 1.67. The molecular formula is C14H14N3O2S2+. The van der Waals surface area contributed by atoms with Gasteiger partial charge in [0.2, 0.25) is 0 Å². The number of aromatic amines is 1. The minimum absolute atomic E-state index is 0.00220. The molecule has 108 valence electrons. The number of hydrogen-bond donors (Lipinski definition) is 2. The topological polar surface area (TPSA) is 66.7 Å². The van der Waals surface area contributed by atoms with Crippen molar-refractivity contribution in [3.63, 3.8) is 0 Å². The van der Waals surface area contributed by atoms with Gasteiger partial charge in [-0.05, 0) is 31.0 Å². The van der Waals surface area contributed by atoms with E-state index in [9.17, 15) is 9.90 Å². The first-order valence-corrected chi connectivity index (χ1v) is 7.89. The van der Waals surface area contributed by atoms with Crippen molar-refractivity contribution >= 4 is 40.1 Å². The number of carbonyl (C=O) groups excluding carboxylic acids is 1. The number of nitrogens with one attached hydrogen (secondary N) is 2. The summed E-state index contributed by atoms with van der Waals surface area (Å²) in [5, 5.41) is 13.8. The van der Waals surface area contributed by atoms with Crippen LogP contribution in [-0.4, -0.2) is 22.4 Å². The molecule has 1 aromatic heterocycles. The van der Waals surface area contributed by atoms with Gasteiger partial charge < -0.3 is 9.41 Å². The molecule has 1 amide bonds. The molecular weight excluding hydrogens is 306 g/mol. The highest BCUT2D eigenvalue weighted by molar-refractivity contribution is 7.97. The van der Waals surface area contributed by atoms with Crippen molar-refractivity contribution in [1.82, 2.24) is 4.31 Å². The van der Waals surface area contributed by atoms with Crippen LogP contribution in [0, 0.1) is 6.92 Å². The Balaban J connectivity index is 1.94. The maximum absolute atomic E-state index is 12.4. The van der Waals surface area contributed by atoms with E-state index in [1.807, 2.05) is 31.3 Å². The monoisotopic (exact) mass is 320 g/mol. The normalized spacial score (nSPS) is 14.1. The van der Waals surface area contributed by atoms with E-state index < -0.39 is 0 Å². The van der Waals surface area contributed by atoms with Crippen molar-refractivity contribution in [1.29, 1.82) is 0 Å². The molecule has 0 saturated heterocycles. The van der Waals surface area contributed by atoms with Crippen molar-refractivity contribution in [2.24, 2.45) is 0 Å². The number of H-pyrrole nitrogens is 1. The number of carbonyl (C=O) groups is 1. The van der Waals surface area contributed by atoms with Crippen LogP contribution in [0.25, 0.3) is 5.76 Å². The molecule has 7 heteroatoms. The van der Waals surface area contributed by atoms with E-state index in [2.05, 4.69) is 10.3 Å². The van der Waals surface area contributed by atoms with Crippen LogP contribution in [0.5, 0.6) is 0 Å². The number of likely N-dealkylation sites (N-methyl/N-ethyl adjacent to an activating group) is 1. The summed E-state index contributed by atoms with van der Waals surface area (Å²) in [5.41, 5.74) is 0.926. The van der Waals surface area contributed by atoms with Crippen molar-refractivity contribution in [3.05, 3.63) is 46.6 Å². The number of benzene rings is 1. The van der Waals surface area contributed by atoms with Gasteiger partial charge in [0.1, 0.15) is 6.20 Å². The van der Waals surface area contributed by atoms with Crippen molar-refractivity contribution < 1.29 is 14.9 Å². The molecule has 0 atom stereocenters. The Hall–Kier alpha value is -1.99. The van der Waals surface area contributed by atoms with E-state index in [4.69, 9.17) is 0 Å². The lowest BCUT2D eigenvalue weighted by Gasteiger charge is -2.25. The SMILES string of the molecule is Cc1c[nH+]c(NC(=O)C2=C(O)c3ccccc3SN2C)s1. The highest BCUT2D eigenvalue weighted by atomic mass is 32.2. The predicted molar refractivity (Wildman–Crippen MR) is 83.9 cm³/mol. The van der Waals surface area contributed by atoms with E-state index in [0.717, 1.165) is 9.77 Å². The fourth-order valence-electron chi connectivity index (χ4n) is 2.07. The van der Waals surface area contributed by atoms with Gasteiger partial charge in [0.25, 0.3) is 0 Å². The molecule has 2 aromatic rings. The molecule has 21 heavy (non-hydrogen) atoms. The Labute approximate surface area is 130 Å². The first-order valence-electron chi connectivity index (χ1n) is 6.30. The molecule has 0 bridgehead atoms. The number of amides is 1. The van der Waals surface area contributed by atoms with Gasteiger partial charge in [0, 0.05) is 22.4 Å². The molecule has 0 saturated carbocycles. The standard InChI is InChI=1S/C14H13N3O2S2/c1-8-7-15-14(20-8)16-13(19)11-12(18)9-5-3-4-6-10(9)21-17(11)2/h3-7,18H,1-2H3,(H,15,16,19)/p+1. The average Bonchev–Trinajstić information content (AvgIpc) is 2.84. The van der Waals surface area contributed by atoms with Crippen LogP contribution in [0.4, 0.5) is 5.13 Å². The number of aryl methyl sites for hydroxylation is 1. The molecule has 0 fully saturated rings. The second-order valence-electron chi connectivity index (χ2n) is 4.57. The molecule has 2 heterocycles. The fourth-order valence-corrected chi connectivity index (χ4v) is 3.73. The quantitative estimate of drug-likeness (QED) is 0.835. The third-order valence-corrected chi connectivity index (χ3v) is 4.90. The van der Waals surface area contributed by atoms with Crippen LogP contribution in [0.1, 0.15) is 10.4 Å². The Kier molecular flexibility index (Phi) is 3.60. The largest absolute Gasteiger partial charge is 0.505 e. The summed E-state index contributed by atoms with van der Waals surface area (Å²) in [6.07, 6.45) is 1.82. The minimum atomic E-state index is -0.338. The lowest BCUT2D eigenvalue weighted by molar-refractivity contribution is -0.354. The van der Waals surface area contributed by atoms with Gasteiger partial charge in [-0.15, -0.1) is 0 Å². The van der Waals surface area contributed by atoms with Crippen molar-refractivity contribution in [3.8, 4) is 0 Å². The molecule has 0 unspecified atom stereocenters. The Morgan fingerprint density at radius 1 is 1.38 bits per heavy atom. The van der Waals surface area contributed by atoms with E-state index >= 15 is 0 Å². The Morgan fingerprint density at radius 2 is 2.14 bits per heavy atom. The van der Waals surface area contributed by atoms with Gasteiger partial charge in [-0.2, -0.15) is 5.32 Å². The van der Waals surface area contributed by atoms with E-state index in [-0.39, 0.29) is 17.4 Å². The zero-order valence-electron chi connectivity index (χ0n) is 11.5. The summed E-state index contributed by atoms with van der Waals surface area (Å²) in [7, 11) is 1.76. The van der Waals surface area contributed by atoms with Gasteiger partial charge in [0.15, 0.2) is 11.5 Å². The number of anilines is 1. The number of aliphatic hydroxyl groups excluding tert-OH is 1. The molecule has 1 aliphatic heterocycles. The number of aromatic nitrogens is 1. The zero-order valence-corrected chi connectivity index (χ0v) is 13.1. The third kappa shape index (κ3) is 2.62. The maximum Gasteiger partial charge on any atom is 0.360 e. The van der Waals surface area contributed by atoms with Crippen molar-refractivity contribution in [2.75, 3.05) is 12.4 Å². The first kappa shape index (κ1) is 14.0. The summed E-state index contributed by atoms with van der Waals surface area (Å²) in [4.78, 5) is 17.4. The molecule has 0 radical (unpaired) electrons. The Morgan fingerprint density at radius 3 is 2.86 bits per heavy atom. The third-order valence-electron chi connectivity index (χ3n) is 3.03. The molecule has 3 N–H and O–H groups in total. The van der Waals surface area contributed by atoms with Crippen LogP contribution in [0.2, 0.25) is 0 Å². The molecule has 0 spiro atoms. The highest BCUT2D eigenvalue weighted by Crippen LogP contribution is 2.38. The van der Waals surface area contributed by atoms with Gasteiger partial charge in [-0.1, -0.05) is 23.5 Å². The van der Waals surface area contributed by atoms with Crippen LogP contribution < -0.4 is 10.3 Å². The summed E-state index contributed by atoms with van der Waals surface area (Å²) in [5.74, 6) is -0.340. The van der Waals surface area contributed by atoms with Gasteiger partial charge in [0.05, 0.1) is 0 Å².